The molecule has 1 N–H and O–H groups in total. The number of carbonyl (C=O) groups excluding carboxylic acids is 1. The van der Waals surface area contributed by atoms with Gasteiger partial charge in [-0.2, -0.15) is 0 Å². The van der Waals surface area contributed by atoms with Crippen LogP contribution in [0.3, 0.4) is 0 Å². The molecule has 3 heteroatoms. The van der Waals surface area contributed by atoms with E-state index in [1.165, 1.54) is 38.5 Å². The first-order valence-corrected chi connectivity index (χ1v) is 8.86. The highest BCUT2D eigenvalue weighted by atomic mass is 16.3. The molecule has 21 heavy (non-hydrogen) atoms. The van der Waals surface area contributed by atoms with Gasteiger partial charge in [0.05, 0.1) is 11.6 Å². The monoisotopic (exact) mass is 291 g/mol. The Hall–Kier alpha value is -0.570. The number of nitrogens with zero attached hydrogens (tertiary/aromatic N) is 1. The highest BCUT2D eigenvalue weighted by Gasteiger charge is 2.53. The summed E-state index contributed by atoms with van der Waals surface area (Å²) in [7, 11) is 0. The molecule has 4 saturated carbocycles. The predicted molar refractivity (Wildman–Crippen MR) is 81.6 cm³/mol. The lowest BCUT2D eigenvalue weighted by atomic mass is 9.49. The summed E-state index contributed by atoms with van der Waals surface area (Å²) in [6.07, 6.45) is 9.29. The van der Waals surface area contributed by atoms with Gasteiger partial charge in [0.15, 0.2) is 0 Å². The van der Waals surface area contributed by atoms with E-state index >= 15 is 0 Å². The SMILES string of the molecule is CC1(C)C(O)CCN1C(=O)CC12CC3CC(CC(C3)C1)C2. The molecule has 4 aliphatic carbocycles. The van der Waals surface area contributed by atoms with Crippen molar-refractivity contribution in [3.63, 3.8) is 0 Å². The van der Waals surface area contributed by atoms with Crippen molar-refractivity contribution in [2.24, 2.45) is 23.2 Å². The second kappa shape index (κ2) is 4.47. The van der Waals surface area contributed by atoms with E-state index < -0.39 is 0 Å². The molecule has 1 atom stereocenters. The van der Waals surface area contributed by atoms with E-state index in [2.05, 4.69) is 0 Å². The van der Waals surface area contributed by atoms with Crippen molar-refractivity contribution < 1.29 is 9.90 Å². The number of aliphatic hydroxyl groups excluding tert-OH is 1. The van der Waals surface area contributed by atoms with Crippen LogP contribution in [-0.4, -0.2) is 34.1 Å². The summed E-state index contributed by atoms with van der Waals surface area (Å²) in [5, 5.41) is 10.1. The molecule has 1 amide bonds. The van der Waals surface area contributed by atoms with Gasteiger partial charge in [0.1, 0.15) is 0 Å². The Morgan fingerprint density at radius 3 is 2.05 bits per heavy atom. The van der Waals surface area contributed by atoms with Crippen molar-refractivity contribution >= 4 is 5.91 Å². The van der Waals surface area contributed by atoms with Gasteiger partial charge in [-0.1, -0.05) is 0 Å². The van der Waals surface area contributed by atoms with Crippen LogP contribution in [0.5, 0.6) is 0 Å². The van der Waals surface area contributed by atoms with Gasteiger partial charge in [0, 0.05) is 13.0 Å². The minimum Gasteiger partial charge on any atom is -0.391 e. The average Bonchev–Trinajstić information content (AvgIpc) is 2.61. The van der Waals surface area contributed by atoms with Crippen LogP contribution >= 0.6 is 0 Å². The van der Waals surface area contributed by atoms with E-state index in [-0.39, 0.29) is 11.6 Å². The number of carbonyl (C=O) groups is 1. The third kappa shape index (κ3) is 2.15. The van der Waals surface area contributed by atoms with Crippen LogP contribution in [0.25, 0.3) is 0 Å². The molecule has 1 aliphatic heterocycles. The smallest absolute Gasteiger partial charge is 0.223 e. The van der Waals surface area contributed by atoms with Crippen molar-refractivity contribution in [3.8, 4) is 0 Å². The molecular weight excluding hydrogens is 262 g/mol. The quantitative estimate of drug-likeness (QED) is 0.849. The predicted octanol–water partition coefficient (Wildman–Crippen LogP) is 2.96. The molecular formula is C18H29NO2. The van der Waals surface area contributed by atoms with Gasteiger partial charge in [0.25, 0.3) is 0 Å². The molecule has 118 valence electrons. The van der Waals surface area contributed by atoms with Crippen LogP contribution < -0.4 is 0 Å². The third-order valence-electron chi connectivity index (χ3n) is 7.13. The molecule has 0 aromatic rings. The van der Waals surface area contributed by atoms with Crippen molar-refractivity contribution in [2.75, 3.05) is 6.54 Å². The van der Waals surface area contributed by atoms with E-state index in [1.54, 1.807) is 0 Å². The fourth-order valence-corrected chi connectivity index (χ4v) is 6.44. The van der Waals surface area contributed by atoms with Gasteiger partial charge in [-0.15, -0.1) is 0 Å². The Bertz CT molecular complexity index is 421. The van der Waals surface area contributed by atoms with Gasteiger partial charge in [0.2, 0.25) is 5.91 Å². The van der Waals surface area contributed by atoms with Crippen LogP contribution in [0.15, 0.2) is 0 Å². The van der Waals surface area contributed by atoms with Crippen molar-refractivity contribution in [3.05, 3.63) is 0 Å². The first-order valence-electron chi connectivity index (χ1n) is 8.86. The Balaban J connectivity index is 1.50. The molecule has 0 aromatic heterocycles. The Morgan fingerprint density at radius 1 is 1.10 bits per heavy atom. The zero-order valence-electron chi connectivity index (χ0n) is 13.5. The summed E-state index contributed by atoms with van der Waals surface area (Å²) in [4.78, 5) is 14.9. The second-order valence-corrected chi connectivity index (χ2v) is 9.10. The lowest BCUT2D eigenvalue weighted by Crippen LogP contribution is -2.52. The number of hydrogen-bond acceptors (Lipinski definition) is 2. The van der Waals surface area contributed by atoms with Gasteiger partial charge < -0.3 is 10.0 Å². The normalized spacial score (nSPS) is 47.1. The van der Waals surface area contributed by atoms with Gasteiger partial charge >= 0.3 is 0 Å². The number of hydrogen-bond donors (Lipinski definition) is 1. The fraction of sp³-hybridized carbons (Fsp3) is 0.944. The minimum absolute atomic E-state index is 0.304. The van der Waals surface area contributed by atoms with E-state index in [1.807, 2.05) is 18.7 Å². The number of amides is 1. The molecule has 5 rings (SSSR count). The Morgan fingerprint density at radius 2 is 1.62 bits per heavy atom. The average molecular weight is 291 g/mol. The zero-order chi connectivity index (χ0) is 14.8. The number of aliphatic hydroxyl groups is 1. The molecule has 0 aromatic carbocycles. The largest absolute Gasteiger partial charge is 0.391 e. The lowest BCUT2D eigenvalue weighted by molar-refractivity contribution is -0.144. The summed E-state index contributed by atoms with van der Waals surface area (Å²) in [6, 6.07) is 0. The third-order valence-corrected chi connectivity index (χ3v) is 7.13. The van der Waals surface area contributed by atoms with E-state index in [0.717, 1.165) is 37.1 Å². The van der Waals surface area contributed by atoms with Gasteiger partial charge in [-0.3, -0.25) is 4.79 Å². The van der Waals surface area contributed by atoms with E-state index in [9.17, 15) is 9.90 Å². The molecule has 5 fully saturated rings. The van der Waals surface area contributed by atoms with Crippen molar-refractivity contribution in [1.29, 1.82) is 0 Å². The number of rotatable bonds is 2. The van der Waals surface area contributed by atoms with Crippen LogP contribution in [0, 0.1) is 23.2 Å². The standard InChI is InChI=1S/C18H29NO2/c1-17(2)15(20)3-4-19(17)16(21)11-18-8-12-5-13(9-18)7-14(6-12)10-18/h12-15,20H,3-11H2,1-2H3. The number of likely N-dealkylation sites (tertiary alicyclic amines) is 1. The first-order chi connectivity index (χ1) is 9.88. The molecule has 1 saturated heterocycles. The van der Waals surface area contributed by atoms with Crippen LogP contribution in [0.2, 0.25) is 0 Å². The van der Waals surface area contributed by atoms with Gasteiger partial charge in [-0.05, 0) is 82.0 Å². The summed E-state index contributed by atoms with van der Waals surface area (Å²) in [5.41, 5.74) is -0.0607. The molecule has 1 unspecified atom stereocenters. The van der Waals surface area contributed by atoms with E-state index in [4.69, 9.17) is 0 Å². The van der Waals surface area contributed by atoms with Crippen LogP contribution in [-0.2, 0) is 4.79 Å². The zero-order valence-corrected chi connectivity index (χ0v) is 13.5. The maximum absolute atomic E-state index is 12.9. The van der Waals surface area contributed by atoms with Gasteiger partial charge in [-0.25, -0.2) is 0 Å². The van der Waals surface area contributed by atoms with E-state index in [0.29, 0.717) is 11.3 Å². The lowest BCUT2D eigenvalue weighted by Gasteiger charge is -2.57. The highest BCUT2D eigenvalue weighted by Crippen LogP contribution is 2.61. The molecule has 0 spiro atoms. The summed E-state index contributed by atoms with van der Waals surface area (Å²) >= 11 is 0. The fourth-order valence-electron chi connectivity index (χ4n) is 6.44. The van der Waals surface area contributed by atoms with Crippen molar-refractivity contribution in [1.82, 2.24) is 4.90 Å². The Kier molecular flexibility index (Phi) is 2.99. The Labute approximate surface area is 128 Å². The van der Waals surface area contributed by atoms with Crippen molar-refractivity contribution in [2.45, 2.75) is 76.9 Å². The summed E-state index contributed by atoms with van der Waals surface area (Å²) in [6.45, 7) is 4.77. The maximum atomic E-state index is 12.9. The molecule has 3 nitrogen and oxygen atoms in total. The summed E-state index contributed by atoms with van der Waals surface area (Å²) < 4.78 is 0. The molecule has 0 radical (unpaired) electrons. The highest BCUT2D eigenvalue weighted by molar-refractivity contribution is 5.78. The van der Waals surface area contributed by atoms with Crippen LogP contribution in [0.4, 0.5) is 0 Å². The minimum atomic E-state index is -0.376. The first kappa shape index (κ1) is 14.0. The molecule has 1 heterocycles. The molecule has 5 aliphatic rings. The summed E-state index contributed by atoms with van der Waals surface area (Å²) in [5.74, 6) is 3.02. The topological polar surface area (TPSA) is 40.5 Å². The molecule has 4 bridgehead atoms. The second-order valence-electron chi connectivity index (χ2n) is 9.10. The van der Waals surface area contributed by atoms with Crippen LogP contribution in [0.1, 0.15) is 65.2 Å². The maximum Gasteiger partial charge on any atom is 0.223 e.